The van der Waals surface area contributed by atoms with Crippen molar-refractivity contribution in [3.8, 4) is 0 Å². The van der Waals surface area contributed by atoms with Crippen LogP contribution in [0.1, 0.15) is 25.7 Å². The third-order valence-electron chi connectivity index (χ3n) is 3.65. The van der Waals surface area contributed by atoms with Crippen molar-refractivity contribution in [3.05, 3.63) is 24.3 Å². The number of likely N-dealkylation sites (N-methyl/N-ethyl adjacent to an activating group) is 1. The van der Waals surface area contributed by atoms with E-state index in [1.165, 1.54) is 0 Å². The van der Waals surface area contributed by atoms with Crippen LogP contribution in [-0.4, -0.2) is 35.2 Å². The van der Waals surface area contributed by atoms with Crippen LogP contribution in [0.2, 0.25) is 0 Å². The third kappa shape index (κ3) is 3.38. The Labute approximate surface area is 113 Å². The van der Waals surface area contributed by atoms with Crippen LogP contribution < -0.4 is 11.1 Å². The number of nitrogens with zero attached hydrogens (tertiary/aromatic N) is 1. The van der Waals surface area contributed by atoms with Crippen LogP contribution in [0.15, 0.2) is 24.3 Å². The molecule has 1 aromatic carbocycles. The summed E-state index contributed by atoms with van der Waals surface area (Å²) in [5.41, 5.74) is 6.95. The third-order valence-corrected chi connectivity index (χ3v) is 3.65. The molecule has 1 aliphatic carbocycles. The van der Waals surface area contributed by atoms with Gasteiger partial charge in [0.25, 0.3) is 0 Å². The number of carbonyl (C=O) groups is 1. The molecule has 5 heteroatoms. The number of nitrogens with two attached hydrogens (primary N) is 1. The van der Waals surface area contributed by atoms with E-state index in [9.17, 15) is 9.90 Å². The van der Waals surface area contributed by atoms with Crippen molar-refractivity contribution >= 4 is 17.4 Å². The maximum atomic E-state index is 12.1. The second-order valence-corrected chi connectivity index (χ2v) is 5.09. The first-order valence-electron chi connectivity index (χ1n) is 6.65. The number of carbonyl (C=O) groups excluding carboxylic acids is 1. The van der Waals surface area contributed by atoms with Gasteiger partial charge in [-0.15, -0.1) is 0 Å². The number of rotatable bonds is 2. The van der Waals surface area contributed by atoms with Crippen molar-refractivity contribution in [3.63, 3.8) is 0 Å². The van der Waals surface area contributed by atoms with Crippen LogP contribution in [-0.2, 0) is 0 Å². The van der Waals surface area contributed by atoms with Crippen molar-refractivity contribution in [2.24, 2.45) is 0 Å². The minimum atomic E-state index is -0.426. The molecule has 0 radical (unpaired) electrons. The average Bonchev–Trinajstić information content (AvgIpc) is 2.38. The van der Waals surface area contributed by atoms with Gasteiger partial charge in [0.05, 0.1) is 12.1 Å². The molecular weight excluding hydrogens is 242 g/mol. The van der Waals surface area contributed by atoms with Crippen molar-refractivity contribution in [1.82, 2.24) is 4.90 Å². The SMILES string of the molecule is CN(C(=O)Nc1cccc(N)c1)C1CCCCC1O. The largest absolute Gasteiger partial charge is 0.399 e. The number of amides is 2. The monoisotopic (exact) mass is 263 g/mol. The molecule has 0 heterocycles. The quantitative estimate of drug-likeness (QED) is 0.714. The van der Waals surface area contributed by atoms with Gasteiger partial charge in [0.15, 0.2) is 0 Å². The van der Waals surface area contributed by atoms with Gasteiger partial charge in [-0.2, -0.15) is 0 Å². The van der Waals surface area contributed by atoms with E-state index in [0.717, 1.165) is 25.7 Å². The predicted octanol–water partition coefficient (Wildman–Crippen LogP) is 2.04. The molecule has 19 heavy (non-hydrogen) atoms. The number of nitrogens with one attached hydrogen (secondary N) is 1. The van der Waals surface area contributed by atoms with Gasteiger partial charge in [-0.05, 0) is 31.0 Å². The minimum absolute atomic E-state index is 0.102. The van der Waals surface area contributed by atoms with E-state index in [-0.39, 0.29) is 12.1 Å². The molecule has 2 unspecified atom stereocenters. The Morgan fingerprint density at radius 1 is 1.42 bits per heavy atom. The van der Waals surface area contributed by atoms with Crippen LogP contribution in [0.5, 0.6) is 0 Å². The Bertz CT molecular complexity index is 450. The summed E-state index contributed by atoms with van der Waals surface area (Å²) in [5.74, 6) is 0. The Morgan fingerprint density at radius 3 is 2.84 bits per heavy atom. The van der Waals surface area contributed by atoms with E-state index in [1.54, 1.807) is 36.2 Å². The highest BCUT2D eigenvalue weighted by molar-refractivity contribution is 5.89. The summed E-state index contributed by atoms with van der Waals surface area (Å²) in [6, 6.07) is 6.75. The molecule has 2 rings (SSSR count). The summed E-state index contributed by atoms with van der Waals surface area (Å²) in [4.78, 5) is 13.7. The van der Waals surface area contributed by atoms with Crippen LogP contribution >= 0.6 is 0 Å². The lowest BCUT2D eigenvalue weighted by Gasteiger charge is -2.35. The molecule has 2 amide bonds. The Morgan fingerprint density at radius 2 is 2.16 bits per heavy atom. The van der Waals surface area contributed by atoms with Crippen molar-refractivity contribution in [2.45, 2.75) is 37.8 Å². The second-order valence-electron chi connectivity index (χ2n) is 5.09. The molecule has 1 saturated carbocycles. The van der Waals surface area contributed by atoms with Gasteiger partial charge in [-0.25, -0.2) is 4.79 Å². The number of urea groups is 1. The molecule has 0 aliphatic heterocycles. The second kappa shape index (κ2) is 5.93. The molecular formula is C14H21N3O2. The highest BCUT2D eigenvalue weighted by atomic mass is 16.3. The summed E-state index contributed by atoms with van der Waals surface area (Å²) >= 11 is 0. The summed E-state index contributed by atoms with van der Waals surface area (Å²) in [6.45, 7) is 0. The Balaban J connectivity index is 1.99. The summed E-state index contributed by atoms with van der Waals surface area (Å²) < 4.78 is 0. The Hall–Kier alpha value is -1.75. The van der Waals surface area contributed by atoms with E-state index in [2.05, 4.69) is 5.32 Å². The molecule has 0 spiro atoms. The summed E-state index contributed by atoms with van der Waals surface area (Å²) in [7, 11) is 1.72. The van der Waals surface area contributed by atoms with Gasteiger partial charge < -0.3 is 21.1 Å². The first-order chi connectivity index (χ1) is 9.08. The van der Waals surface area contributed by atoms with Crippen molar-refractivity contribution in [2.75, 3.05) is 18.1 Å². The van der Waals surface area contributed by atoms with Gasteiger partial charge in [-0.3, -0.25) is 0 Å². The molecule has 0 aromatic heterocycles. The van der Waals surface area contributed by atoms with E-state index in [4.69, 9.17) is 5.73 Å². The zero-order valence-electron chi connectivity index (χ0n) is 11.2. The lowest BCUT2D eigenvalue weighted by atomic mass is 9.92. The number of hydrogen-bond acceptors (Lipinski definition) is 3. The molecule has 0 saturated heterocycles. The zero-order chi connectivity index (χ0) is 13.8. The van der Waals surface area contributed by atoms with Crippen LogP contribution in [0, 0.1) is 0 Å². The molecule has 104 valence electrons. The molecule has 0 bridgehead atoms. The molecule has 1 aromatic rings. The van der Waals surface area contributed by atoms with Crippen molar-refractivity contribution < 1.29 is 9.90 Å². The maximum absolute atomic E-state index is 12.1. The number of benzene rings is 1. The molecule has 2 atom stereocenters. The van der Waals surface area contributed by atoms with E-state index >= 15 is 0 Å². The van der Waals surface area contributed by atoms with Gasteiger partial charge in [0.2, 0.25) is 0 Å². The first kappa shape index (κ1) is 13.7. The number of anilines is 2. The van der Waals surface area contributed by atoms with E-state index in [0.29, 0.717) is 11.4 Å². The lowest BCUT2D eigenvalue weighted by Crippen LogP contribution is -2.47. The normalized spacial score (nSPS) is 22.8. The fourth-order valence-electron chi connectivity index (χ4n) is 2.52. The predicted molar refractivity (Wildman–Crippen MR) is 75.9 cm³/mol. The van der Waals surface area contributed by atoms with E-state index < -0.39 is 6.10 Å². The zero-order valence-corrected chi connectivity index (χ0v) is 11.2. The van der Waals surface area contributed by atoms with Gasteiger partial charge in [0.1, 0.15) is 0 Å². The number of hydrogen-bond donors (Lipinski definition) is 3. The molecule has 1 aliphatic rings. The first-order valence-corrected chi connectivity index (χ1v) is 6.65. The number of aliphatic hydroxyl groups excluding tert-OH is 1. The van der Waals surface area contributed by atoms with Crippen molar-refractivity contribution in [1.29, 1.82) is 0 Å². The van der Waals surface area contributed by atoms with E-state index in [1.807, 2.05) is 0 Å². The standard InChI is InChI=1S/C14H21N3O2/c1-17(12-7-2-3-8-13(12)18)14(19)16-11-6-4-5-10(15)9-11/h4-6,9,12-13,18H,2-3,7-8,15H2,1H3,(H,16,19). The van der Waals surface area contributed by atoms with Crippen LogP contribution in [0.3, 0.4) is 0 Å². The molecule has 5 nitrogen and oxygen atoms in total. The minimum Gasteiger partial charge on any atom is -0.399 e. The average molecular weight is 263 g/mol. The molecule has 1 fully saturated rings. The Kier molecular flexibility index (Phi) is 4.27. The highest BCUT2D eigenvalue weighted by Gasteiger charge is 2.29. The lowest BCUT2D eigenvalue weighted by molar-refractivity contribution is 0.0494. The fourth-order valence-corrected chi connectivity index (χ4v) is 2.52. The maximum Gasteiger partial charge on any atom is 0.321 e. The molecule has 4 N–H and O–H groups in total. The van der Waals surface area contributed by atoms with Gasteiger partial charge in [0, 0.05) is 18.4 Å². The smallest absolute Gasteiger partial charge is 0.321 e. The van der Waals surface area contributed by atoms with Crippen LogP contribution in [0.25, 0.3) is 0 Å². The van der Waals surface area contributed by atoms with Gasteiger partial charge in [-0.1, -0.05) is 18.9 Å². The number of nitrogen functional groups attached to an aromatic ring is 1. The summed E-state index contributed by atoms with van der Waals surface area (Å²) in [6.07, 6.45) is 3.27. The van der Waals surface area contributed by atoms with Gasteiger partial charge >= 0.3 is 6.03 Å². The number of aliphatic hydroxyl groups is 1. The topological polar surface area (TPSA) is 78.6 Å². The summed E-state index contributed by atoms with van der Waals surface area (Å²) in [5, 5.41) is 12.8. The highest BCUT2D eigenvalue weighted by Crippen LogP contribution is 2.23. The fraction of sp³-hybridized carbons (Fsp3) is 0.500. The van der Waals surface area contributed by atoms with Crippen LogP contribution in [0.4, 0.5) is 16.2 Å².